The minimum absolute atomic E-state index is 0.171. The zero-order valence-corrected chi connectivity index (χ0v) is 18.7. The first-order valence-corrected chi connectivity index (χ1v) is 11.5. The molecule has 1 saturated carbocycles. The molecule has 1 saturated heterocycles. The Bertz CT molecular complexity index is 1070. The third-order valence-corrected chi connectivity index (χ3v) is 6.23. The highest BCUT2D eigenvalue weighted by Crippen LogP contribution is 2.33. The highest BCUT2D eigenvalue weighted by atomic mass is 16.5. The predicted octanol–water partition coefficient (Wildman–Crippen LogP) is 3.76. The van der Waals surface area contributed by atoms with Gasteiger partial charge in [0.05, 0.1) is 24.3 Å². The van der Waals surface area contributed by atoms with Crippen molar-refractivity contribution in [3.63, 3.8) is 0 Å². The van der Waals surface area contributed by atoms with Crippen LogP contribution < -0.4 is 15.0 Å². The number of fused-ring (bicyclic) bond motifs is 1. The molecule has 0 radical (unpaired) electrons. The Hall–Kier alpha value is -3.00. The fourth-order valence-electron chi connectivity index (χ4n) is 4.60. The summed E-state index contributed by atoms with van der Waals surface area (Å²) in [5.41, 5.74) is 2.82. The van der Waals surface area contributed by atoms with Crippen LogP contribution in [0.1, 0.15) is 38.4 Å². The maximum atomic E-state index is 6.53. The van der Waals surface area contributed by atoms with Crippen molar-refractivity contribution in [2.45, 2.75) is 57.8 Å². The molecule has 168 valence electrons. The number of ether oxygens (including phenoxy) is 2. The number of hydrogen-bond acceptors (Lipinski definition) is 8. The molecule has 0 unspecified atom stereocenters. The smallest absolute Gasteiger partial charge is 0.149 e. The molecule has 32 heavy (non-hydrogen) atoms. The summed E-state index contributed by atoms with van der Waals surface area (Å²) in [7, 11) is 0. The van der Waals surface area contributed by atoms with Crippen molar-refractivity contribution in [1.29, 1.82) is 0 Å². The third kappa shape index (κ3) is 4.75. The van der Waals surface area contributed by atoms with Crippen LogP contribution in [0.15, 0.2) is 36.8 Å². The zero-order valence-electron chi connectivity index (χ0n) is 18.7. The van der Waals surface area contributed by atoms with Crippen LogP contribution in [-0.2, 0) is 4.74 Å². The number of rotatable bonds is 5. The summed E-state index contributed by atoms with van der Waals surface area (Å²) >= 11 is 0. The average molecular weight is 435 g/mol. The van der Waals surface area contributed by atoms with Gasteiger partial charge in [0, 0.05) is 49.5 Å². The summed E-state index contributed by atoms with van der Waals surface area (Å²) < 4.78 is 12.2. The number of hydrogen-bond donors (Lipinski definition) is 1. The van der Waals surface area contributed by atoms with Crippen molar-refractivity contribution in [3.05, 3.63) is 42.6 Å². The second kappa shape index (κ2) is 9.24. The van der Waals surface area contributed by atoms with E-state index in [1.54, 1.807) is 18.6 Å². The van der Waals surface area contributed by atoms with E-state index in [4.69, 9.17) is 9.47 Å². The van der Waals surface area contributed by atoms with Gasteiger partial charge in [-0.2, -0.15) is 0 Å². The summed E-state index contributed by atoms with van der Waals surface area (Å²) in [5, 5.41) is 3.54. The first kappa shape index (κ1) is 20.9. The van der Waals surface area contributed by atoms with Crippen LogP contribution in [0.4, 0.5) is 11.5 Å². The SMILES string of the molecule is Cc1nccc(NC2CCC(Oc3cc(N4CCO[C@H](C)C4)cc4nccnc34)CC2)n1. The number of nitrogens with zero attached hydrogens (tertiary/aromatic N) is 5. The van der Waals surface area contributed by atoms with Crippen LogP contribution in [0.2, 0.25) is 0 Å². The molecule has 0 amide bonds. The van der Waals surface area contributed by atoms with Gasteiger partial charge in [0.15, 0.2) is 0 Å². The van der Waals surface area contributed by atoms with Gasteiger partial charge in [-0.1, -0.05) is 0 Å². The number of aromatic nitrogens is 4. The van der Waals surface area contributed by atoms with Gasteiger partial charge in [-0.25, -0.2) is 15.0 Å². The van der Waals surface area contributed by atoms with E-state index < -0.39 is 0 Å². The molecule has 3 heterocycles. The van der Waals surface area contributed by atoms with E-state index >= 15 is 0 Å². The quantitative estimate of drug-likeness (QED) is 0.650. The van der Waals surface area contributed by atoms with Crippen molar-refractivity contribution in [2.75, 3.05) is 29.9 Å². The van der Waals surface area contributed by atoms with Crippen molar-refractivity contribution in [1.82, 2.24) is 19.9 Å². The van der Waals surface area contributed by atoms with Crippen LogP contribution >= 0.6 is 0 Å². The van der Waals surface area contributed by atoms with Crippen molar-refractivity contribution >= 4 is 22.5 Å². The molecule has 0 spiro atoms. The molecule has 1 aromatic carbocycles. The van der Waals surface area contributed by atoms with E-state index in [1.807, 2.05) is 13.0 Å². The lowest BCUT2D eigenvalue weighted by Gasteiger charge is -2.34. The standard InChI is InChI=1S/C24H30N6O2/c1-16-15-30(11-12-31-16)19-13-21-24(27-10-9-26-21)22(14-19)32-20-5-3-18(4-6-20)29-23-7-8-25-17(2)28-23/h7-10,13-14,16,18,20H,3-6,11-12,15H2,1-2H3,(H,25,28,29)/t16-,18?,20?/m1/s1. The fourth-order valence-corrected chi connectivity index (χ4v) is 4.60. The van der Waals surface area contributed by atoms with Crippen LogP contribution in [0.5, 0.6) is 5.75 Å². The fraction of sp³-hybridized carbons (Fsp3) is 0.500. The van der Waals surface area contributed by atoms with E-state index in [1.165, 1.54) is 0 Å². The van der Waals surface area contributed by atoms with Gasteiger partial charge in [0.1, 0.15) is 22.9 Å². The van der Waals surface area contributed by atoms with Crippen LogP contribution in [0, 0.1) is 6.92 Å². The van der Waals surface area contributed by atoms with Gasteiger partial charge in [-0.3, -0.25) is 4.98 Å². The van der Waals surface area contributed by atoms with Crippen molar-refractivity contribution < 1.29 is 9.47 Å². The Labute approximate surface area is 188 Å². The topological polar surface area (TPSA) is 85.3 Å². The van der Waals surface area contributed by atoms with E-state index in [-0.39, 0.29) is 12.2 Å². The predicted molar refractivity (Wildman–Crippen MR) is 124 cm³/mol. The lowest BCUT2D eigenvalue weighted by atomic mass is 9.93. The third-order valence-electron chi connectivity index (χ3n) is 6.23. The molecule has 2 aliphatic rings. The first-order valence-electron chi connectivity index (χ1n) is 11.5. The van der Waals surface area contributed by atoms with Gasteiger partial charge in [-0.05, 0) is 51.7 Å². The highest BCUT2D eigenvalue weighted by Gasteiger charge is 2.25. The van der Waals surface area contributed by atoms with Gasteiger partial charge >= 0.3 is 0 Å². The Morgan fingerprint density at radius 3 is 2.72 bits per heavy atom. The second-order valence-corrected chi connectivity index (χ2v) is 8.72. The number of benzene rings is 1. The summed E-state index contributed by atoms with van der Waals surface area (Å²) in [6, 6.07) is 6.57. The van der Waals surface area contributed by atoms with Crippen molar-refractivity contribution in [3.8, 4) is 5.75 Å². The average Bonchev–Trinajstić information content (AvgIpc) is 2.80. The number of anilines is 2. The lowest BCUT2D eigenvalue weighted by molar-refractivity contribution is 0.0532. The Morgan fingerprint density at radius 2 is 1.91 bits per heavy atom. The Balaban J connectivity index is 1.28. The molecule has 0 bridgehead atoms. The van der Waals surface area contributed by atoms with E-state index in [0.29, 0.717) is 6.04 Å². The minimum Gasteiger partial charge on any atom is -0.488 e. The molecule has 1 aliphatic carbocycles. The molecular weight excluding hydrogens is 404 g/mol. The number of nitrogens with one attached hydrogen (secondary N) is 1. The van der Waals surface area contributed by atoms with Crippen molar-refractivity contribution in [2.24, 2.45) is 0 Å². The van der Waals surface area contributed by atoms with E-state index in [2.05, 4.69) is 49.2 Å². The van der Waals surface area contributed by atoms with Crippen LogP contribution in [0.25, 0.3) is 11.0 Å². The Morgan fingerprint density at radius 1 is 1.06 bits per heavy atom. The molecule has 1 atom stereocenters. The number of aryl methyl sites for hydroxylation is 1. The summed E-state index contributed by atoms with van der Waals surface area (Å²) in [6.45, 7) is 6.49. The number of morpholine rings is 1. The molecule has 8 nitrogen and oxygen atoms in total. The molecule has 8 heteroatoms. The van der Waals surface area contributed by atoms with Crippen LogP contribution in [-0.4, -0.2) is 57.9 Å². The monoisotopic (exact) mass is 434 g/mol. The normalized spacial score (nSPS) is 23.8. The maximum absolute atomic E-state index is 6.53. The molecule has 1 N–H and O–H groups in total. The van der Waals surface area contributed by atoms with Gasteiger partial charge in [-0.15, -0.1) is 0 Å². The highest BCUT2D eigenvalue weighted by molar-refractivity contribution is 5.85. The molecule has 2 fully saturated rings. The van der Waals surface area contributed by atoms with Gasteiger partial charge < -0.3 is 19.7 Å². The van der Waals surface area contributed by atoms with Gasteiger partial charge in [0.25, 0.3) is 0 Å². The second-order valence-electron chi connectivity index (χ2n) is 8.72. The molecule has 5 rings (SSSR count). The van der Waals surface area contributed by atoms with E-state index in [9.17, 15) is 0 Å². The molecular formula is C24H30N6O2. The van der Waals surface area contributed by atoms with Gasteiger partial charge in [0.2, 0.25) is 0 Å². The summed E-state index contributed by atoms with van der Waals surface area (Å²) in [6.07, 6.45) is 9.71. The van der Waals surface area contributed by atoms with E-state index in [0.717, 1.165) is 79.5 Å². The lowest BCUT2D eigenvalue weighted by Crippen LogP contribution is -2.41. The molecule has 3 aromatic rings. The molecule has 2 aromatic heterocycles. The first-order chi connectivity index (χ1) is 15.6. The summed E-state index contributed by atoms with van der Waals surface area (Å²) in [4.78, 5) is 20.1. The minimum atomic E-state index is 0.171. The van der Waals surface area contributed by atoms with Crippen LogP contribution in [0.3, 0.4) is 0 Å². The Kier molecular flexibility index (Phi) is 6.03. The molecule has 1 aliphatic heterocycles. The summed E-state index contributed by atoms with van der Waals surface area (Å²) in [5.74, 6) is 2.51. The zero-order chi connectivity index (χ0) is 21.9. The maximum Gasteiger partial charge on any atom is 0.149 e. The largest absolute Gasteiger partial charge is 0.488 e.